The first-order valence-electron chi connectivity index (χ1n) is 21.5. The summed E-state index contributed by atoms with van der Waals surface area (Å²) in [4.78, 5) is 12.2. The normalized spacial score (nSPS) is 31.0. The maximum absolute atomic E-state index is 12.9. The van der Waals surface area contributed by atoms with Crippen LogP contribution < -0.4 is 10.6 Å². The third kappa shape index (κ3) is 10.8. The molecule has 6 N–H and O–H groups in total. The number of aldehydes is 1. The lowest BCUT2D eigenvalue weighted by Crippen LogP contribution is -2.61. The Balaban J connectivity index is 1.51. The van der Waals surface area contributed by atoms with Crippen molar-refractivity contribution in [3.63, 3.8) is 0 Å². The van der Waals surface area contributed by atoms with Crippen molar-refractivity contribution in [1.29, 1.82) is 0 Å². The van der Waals surface area contributed by atoms with Gasteiger partial charge in [0, 0.05) is 30.5 Å². The third-order valence-corrected chi connectivity index (χ3v) is 13.6. The van der Waals surface area contributed by atoms with E-state index in [4.69, 9.17) is 0 Å². The average molecular weight is 779 g/mol. The van der Waals surface area contributed by atoms with Gasteiger partial charge in [-0.3, -0.25) is 4.79 Å². The number of allylic oxidation sites excluding steroid dienone is 7. The maximum Gasteiger partial charge on any atom is 0.145 e. The lowest BCUT2D eigenvalue weighted by molar-refractivity contribution is -0.181. The third-order valence-electron chi connectivity index (χ3n) is 13.6. The minimum absolute atomic E-state index is 0.00954. The zero-order valence-corrected chi connectivity index (χ0v) is 35.1. The van der Waals surface area contributed by atoms with Crippen LogP contribution in [0.15, 0.2) is 113 Å². The van der Waals surface area contributed by atoms with Crippen LogP contribution in [0.5, 0.6) is 0 Å². The molecule has 0 unspecified atom stereocenters. The van der Waals surface area contributed by atoms with E-state index in [1.807, 2.05) is 44.3 Å². The fraction of sp³-hybridized carbons (Fsp3) is 0.540. The minimum Gasteiger partial charge on any atom is -0.396 e. The van der Waals surface area contributed by atoms with Crippen LogP contribution in [-0.4, -0.2) is 77.3 Å². The first-order chi connectivity index (χ1) is 27.5. The van der Waals surface area contributed by atoms with Gasteiger partial charge in [-0.25, -0.2) is 0 Å². The number of nitrogens with one attached hydrogen (secondary N) is 2. The summed E-state index contributed by atoms with van der Waals surface area (Å²) in [5, 5.41) is 54.6. The Morgan fingerprint density at radius 3 is 2.58 bits per heavy atom. The summed E-state index contributed by atoms with van der Waals surface area (Å²) in [5.74, 6) is -0.503. The van der Waals surface area contributed by atoms with Crippen LogP contribution in [-0.2, 0) is 24.1 Å². The molecule has 3 aliphatic rings. The number of benzene rings is 2. The van der Waals surface area contributed by atoms with Crippen LogP contribution in [0.1, 0.15) is 95.2 Å². The summed E-state index contributed by atoms with van der Waals surface area (Å²) in [6.45, 7) is 12.3. The van der Waals surface area contributed by atoms with E-state index in [1.165, 1.54) is 16.7 Å². The van der Waals surface area contributed by atoms with Crippen molar-refractivity contribution in [1.82, 2.24) is 10.6 Å². The summed E-state index contributed by atoms with van der Waals surface area (Å²) < 4.78 is 0. The second-order valence-electron chi connectivity index (χ2n) is 17.4. The highest BCUT2D eigenvalue weighted by molar-refractivity contribution is 5.74. The highest BCUT2D eigenvalue weighted by Crippen LogP contribution is 2.64. The molecule has 2 fully saturated rings. The van der Waals surface area contributed by atoms with Crippen molar-refractivity contribution in [2.24, 2.45) is 23.2 Å². The molecular formula is C50H70N2O5. The summed E-state index contributed by atoms with van der Waals surface area (Å²) in [6.07, 6.45) is 15.1. The summed E-state index contributed by atoms with van der Waals surface area (Å²) in [7, 11) is 1.87. The summed E-state index contributed by atoms with van der Waals surface area (Å²) in [5.41, 5.74) is 6.34. The van der Waals surface area contributed by atoms with E-state index >= 15 is 0 Å². The number of aryl methyl sites for hydroxylation is 1. The summed E-state index contributed by atoms with van der Waals surface area (Å²) in [6, 6.07) is 19.5. The van der Waals surface area contributed by atoms with Crippen LogP contribution >= 0.6 is 0 Å². The molecule has 310 valence electrons. The molecule has 0 amide bonds. The molecule has 2 aromatic carbocycles. The number of carbonyl (C=O) groups excluding carboxylic acids is 1. The molecule has 1 aliphatic heterocycles. The molecule has 0 aromatic heterocycles. The number of hydrogen-bond acceptors (Lipinski definition) is 7. The fourth-order valence-corrected chi connectivity index (χ4v) is 10.4. The molecule has 7 heteroatoms. The molecule has 2 aromatic rings. The first kappa shape index (κ1) is 44.7. The Labute approximate surface area is 342 Å². The molecule has 7 nitrogen and oxygen atoms in total. The molecule has 2 aliphatic carbocycles. The first-order valence-corrected chi connectivity index (χ1v) is 21.5. The molecule has 57 heavy (non-hydrogen) atoms. The molecule has 8 atom stereocenters. The Hall–Kier alpha value is -3.43. The van der Waals surface area contributed by atoms with E-state index in [-0.39, 0.29) is 18.4 Å². The van der Waals surface area contributed by atoms with Crippen LogP contribution in [0.3, 0.4) is 0 Å². The fourth-order valence-electron chi connectivity index (χ4n) is 10.4. The van der Waals surface area contributed by atoms with Gasteiger partial charge in [-0.15, -0.1) is 0 Å². The number of aliphatic hydroxyl groups excluding tert-OH is 3. The molecule has 1 spiro atoms. The van der Waals surface area contributed by atoms with Crippen molar-refractivity contribution in [3.05, 3.63) is 130 Å². The molecule has 0 radical (unpaired) electrons. The van der Waals surface area contributed by atoms with E-state index in [0.717, 1.165) is 54.4 Å². The number of rotatable bonds is 15. The van der Waals surface area contributed by atoms with Gasteiger partial charge in [-0.1, -0.05) is 102 Å². The van der Waals surface area contributed by atoms with Crippen LogP contribution in [0.4, 0.5) is 0 Å². The van der Waals surface area contributed by atoms with Crippen LogP contribution in [0, 0.1) is 23.2 Å². The molecule has 0 saturated heterocycles. The van der Waals surface area contributed by atoms with Gasteiger partial charge >= 0.3 is 0 Å². The van der Waals surface area contributed by atoms with Crippen LogP contribution in [0.2, 0.25) is 0 Å². The largest absolute Gasteiger partial charge is 0.396 e. The van der Waals surface area contributed by atoms with Crippen molar-refractivity contribution in [2.75, 3.05) is 26.7 Å². The van der Waals surface area contributed by atoms with E-state index < -0.39 is 29.1 Å². The summed E-state index contributed by atoms with van der Waals surface area (Å²) >= 11 is 0. The van der Waals surface area contributed by atoms with Crippen molar-refractivity contribution in [2.45, 2.75) is 122 Å². The SMILES string of the molecule is C=C(/C=C/C=C(/[C@H](O)CCc1ccccc1)[C@@H]1CC[C@]2([C@@H]1O)[C@@H](CCCO)/C(=C(/C)C=O)CC[C@]2(O)CCNC)[C@@H]1C/C=C(\C)CN[C@@H](C)Cc2cccc(c2)C1. The smallest absolute Gasteiger partial charge is 0.145 e. The highest BCUT2D eigenvalue weighted by Gasteiger charge is 2.65. The topological polar surface area (TPSA) is 122 Å². The Bertz CT molecular complexity index is 1760. The van der Waals surface area contributed by atoms with Gasteiger partial charge in [0.05, 0.1) is 17.8 Å². The molecule has 2 saturated carbocycles. The van der Waals surface area contributed by atoms with Gasteiger partial charge in [-0.05, 0) is 151 Å². The zero-order chi connectivity index (χ0) is 41.0. The van der Waals surface area contributed by atoms with Gasteiger partial charge in [0.2, 0.25) is 0 Å². The minimum atomic E-state index is -1.20. The van der Waals surface area contributed by atoms with Crippen molar-refractivity contribution >= 4 is 6.29 Å². The van der Waals surface area contributed by atoms with E-state index in [0.29, 0.717) is 75.9 Å². The highest BCUT2D eigenvalue weighted by atomic mass is 16.3. The van der Waals surface area contributed by atoms with Gasteiger partial charge in [0.25, 0.3) is 0 Å². The predicted molar refractivity (Wildman–Crippen MR) is 233 cm³/mol. The Kier molecular flexibility index (Phi) is 16.5. The lowest BCUT2D eigenvalue weighted by atomic mass is 9.51. The van der Waals surface area contributed by atoms with Crippen LogP contribution in [0.25, 0.3) is 0 Å². The van der Waals surface area contributed by atoms with E-state index in [9.17, 15) is 25.2 Å². The van der Waals surface area contributed by atoms with Gasteiger partial charge in [0.15, 0.2) is 0 Å². The van der Waals surface area contributed by atoms with Crippen molar-refractivity contribution < 1.29 is 25.2 Å². The lowest BCUT2D eigenvalue weighted by Gasteiger charge is -2.57. The second-order valence-corrected chi connectivity index (χ2v) is 17.4. The monoisotopic (exact) mass is 779 g/mol. The molecule has 5 rings (SSSR count). The molecular weight excluding hydrogens is 709 g/mol. The van der Waals surface area contributed by atoms with Gasteiger partial charge in [-0.2, -0.15) is 0 Å². The van der Waals surface area contributed by atoms with E-state index in [1.54, 1.807) is 0 Å². The van der Waals surface area contributed by atoms with Gasteiger partial charge < -0.3 is 31.1 Å². The number of fused-ring (bicyclic) bond motifs is 2. The quantitative estimate of drug-likeness (QED) is 0.0478. The standard InChI is InChI=1S/C50H70N2O5/c1-35-19-21-42(32-41-16-10-15-40(31-41)30-38(4)52-33-35)36(2)12-9-17-44(47(55)22-20-39-13-7-6-8-14-39)45-24-26-50(48(45)56)46(18-11-29-53)43(37(3)34-54)23-25-49(50,57)27-28-51-5/h6-10,12-17,19,31,34,38,42,45-48,51-53,55-57H,2,11,18,20-30,32-33H2,1,3-5H3/b12-9+,35-19+,43-37-,44-17+/t38-,42+,45-,46-,47+,48+,49-,50+/m0/s1. The number of carbonyl (C=O) groups is 1. The molecule has 2 bridgehead atoms. The Morgan fingerprint density at radius 2 is 1.86 bits per heavy atom. The molecule has 1 heterocycles. The Morgan fingerprint density at radius 1 is 1.11 bits per heavy atom. The van der Waals surface area contributed by atoms with E-state index in [2.05, 4.69) is 79.6 Å². The predicted octanol–water partition coefficient (Wildman–Crippen LogP) is 7.54. The maximum atomic E-state index is 12.9. The number of hydrogen-bond donors (Lipinski definition) is 6. The van der Waals surface area contributed by atoms with Crippen molar-refractivity contribution in [3.8, 4) is 0 Å². The second kappa shape index (κ2) is 21.0. The number of aliphatic hydroxyl groups is 4. The zero-order valence-electron chi connectivity index (χ0n) is 35.1. The van der Waals surface area contributed by atoms with Gasteiger partial charge in [0.1, 0.15) is 6.29 Å². The average Bonchev–Trinajstić information content (AvgIpc) is 3.55.